The minimum absolute atomic E-state index is 0.239. The highest BCUT2D eigenvalue weighted by Gasteiger charge is 2.39. The molecule has 1 N–H and O–H groups in total. The Hall–Kier alpha value is -0.420. The molecule has 0 amide bonds. The lowest BCUT2D eigenvalue weighted by Crippen LogP contribution is -2.42. The van der Waals surface area contributed by atoms with Crippen molar-refractivity contribution in [2.45, 2.75) is 37.5 Å². The van der Waals surface area contributed by atoms with E-state index < -0.39 is 0 Å². The van der Waals surface area contributed by atoms with Crippen LogP contribution in [0.3, 0.4) is 0 Å². The van der Waals surface area contributed by atoms with Crippen molar-refractivity contribution in [1.29, 1.82) is 0 Å². The van der Waals surface area contributed by atoms with Gasteiger partial charge in [-0.25, -0.2) is 0 Å². The summed E-state index contributed by atoms with van der Waals surface area (Å²) >= 11 is 0. The summed E-state index contributed by atoms with van der Waals surface area (Å²) in [4.78, 5) is 0. The Balaban J connectivity index is 1.57. The van der Waals surface area contributed by atoms with Crippen molar-refractivity contribution in [2.24, 2.45) is 0 Å². The lowest BCUT2D eigenvalue weighted by molar-refractivity contribution is -0.179. The van der Waals surface area contributed by atoms with E-state index in [2.05, 4.69) is 11.9 Å². The third kappa shape index (κ3) is 3.78. The summed E-state index contributed by atoms with van der Waals surface area (Å²) in [5.41, 5.74) is 0. The van der Waals surface area contributed by atoms with Gasteiger partial charge in [-0.3, -0.25) is 0 Å². The molecule has 0 atom stereocenters. The summed E-state index contributed by atoms with van der Waals surface area (Å²) < 4.78 is 16.7. The standard InChI is InChI=1S/C13H23NO3/c1-2-8-15-9-7-14-12-3-5-13(6-4-12)16-10-11-17-13/h2,12,14H,1,3-11H2. The van der Waals surface area contributed by atoms with E-state index in [-0.39, 0.29) is 5.79 Å². The Bertz CT molecular complexity index is 229. The molecule has 1 heterocycles. The molecule has 1 spiro atoms. The average Bonchev–Trinajstić information content (AvgIpc) is 2.80. The van der Waals surface area contributed by atoms with Crippen LogP contribution in [0.1, 0.15) is 25.7 Å². The fraction of sp³-hybridized carbons (Fsp3) is 0.846. The first-order valence-corrected chi connectivity index (χ1v) is 6.55. The summed E-state index contributed by atoms with van der Waals surface area (Å²) in [6.45, 7) is 7.43. The zero-order valence-corrected chi connectivity index (χ0v) is 10.5. The zero-order chi connectivity index (χ0) is 12.0. The number of ether oxygens (including phenoxy) is 3. The molecule has 1 aliphatic heterocycles. The molecule has 4 nitrogen and oxygen atoms in total. The van der Waals surface area contributed by atoms with Gasteiger partial charge in [0.25, 0.3) is 0 Å². The largest absolute Gasteiger partial charge is 0.376 e. The second-order valence-corrected chi connectivity index (χ2v) is 4.70. The van der Waals surface area contributed by atoms with Gasteiger partial charge in [0, 0.05) is 25.4 Å². The topological polar surface area (TPSA) is 39.7 Å². The molecule has 98 valence electrons. The van der Waals surface area contributed by atoms with Gasteiger partial charge in [0.15, 0.2) is 5.79 Å². The molecule has 0 bridgehead atoms. The number of nitrogens with one attached hydrogen (secondary N) is 1. The summed E-state index contributed by atoms with van der Waals surface area (Å²) in [7, 11) is 0. The summed E-state index contributed by atoms with van der Waals surface area (Å²) in [5, 5.41) is 3.52. The smallest absolute Gasteiger partial charge is 0.168 e. The van der Waals surface area contributed by atoms with Gasteiger partial charge >= 0.3 is 0 Å². The number of rotatable bonds is 6. The van der Waals surface area contributed by atoms with Gasteiger partial charge in [-0.15, -0.1) is 6.58 Å². The summed E-state index contributed by atoms with van der Waals surface area (Å²) in [5.74, 6) is -0.239. The van der Waals surface area contributed by atoms with Gasteiger partial charge in [0.2, 0.25) is 0 Å². The number of hydrogen-bond donors (Lipinski definition) is 1. The van der Waals surface area contributed by atoms with Gasteiger partial charge in [0.05, 0.1) is 26.4 Å². The molecule has 0 aromatic carbocycles. The van der Waals surface area contributed by atoms with Crippen LogP contribution in [0.25, 0.3) is 0 Å². The third-order valence-corrected chi connectivity index (χ3v) is 3.48. The Morgan fingerprint density at radius 3 is 2.65 bits per heavy atom. The van der Waals surface area contributed by atoms with Crippen LogP contribution in [0.5, 0.6) is 0 Å². The van der Waals surface area contributed by atoms with Crippen molar-refractivity contribution in [1.82, 2.24) is 5.32 Å². The second-order valence-electron chi connectivity index (χ2n) is 4.70. The van der Waals surface area contributed by atoms with Crippen molar-refractivity contribution in [3.8, 4) is 0 Å². The molecule has 1 saturated heterocycles. The molecule has 0 unspecified atom stereocenters. The first-order chi connectivity index (χ1) is 8.35. The van der Waals surface area contributed by atoms with Crippen LogP contribution in [-0.2, 0) is 14.2 Å². The fourth-order valence-corrected chi connectivity index (χ4v) is 2.55. The Kier molecular flexibility index (Phi) is 4.98. The Morgan fingerprint density at radius 2 is 2.00 bits per heavy atom. The molecule has 0 aromatic rings. The third-order valence-electron chi connectivity index (χ3n) is 3.48. The van der Waals surface area contributed by atoms with Crippen LogP contribution in [0, 0.1) is 0 Å². The fourth-order valence-electron chi connectivity index (χ4n) is 2.55. The predicted molar refractivity (Wildman–Crippen MR) is 65.9 cm³/mol. The van der Waals surface area contributed by atoms with E-state index in [4.69, 9.17) is 14.2 Å². The van der Waals surface area contributed by atoms with Crippen LogP contribution in [0.2, 0.25) is 0 Å². The quantitative estimate of drug-likeness (QED) is 0.564. The van der Waals surface area contributed by atoms with Gasteiger partial charge in [0.1, 0.15) is 0 Å². The summed E-state index contributed by atoms with van der Waals surface area (Å²) in [6, 6.07) is 0.584. The maximum Gasteiger partial charge on any atom is 0.168 e. The Morgan fingerprint density at radius 1 is 1.29 bits per heavy atom. The maximum absolute atomic E-state index is 5.70. The SMILES string of the molecule is C=CCOCCNC1CCC2(CC1)OCCO2. The summed E-state index contributed by atoms with van der Waals surface area (Å²) in [6.07, 6.45) is 6.05. The van der Waals surface area contributed by atoms with Gasteiger partial charge in [-0.05, 0) is 12.8 Å². The van der Waals surface area contributed by atoms with E-state index >= 15 is 0 Å². The monoisotopic (exact) mass is 241 g/mol. The van der Waals surface area contributed by atoms with Crippen LogP contribution in [0.15, 0.2) is 12.7 Å². The normalized spacial score (nSPS) is 24.2. The zero-order valence-electron chi connectivity index (χ0n) is 10.5. The average molecular weight is 241 g/mol. The molecule has 17 heavy (non-hydrogen) atoms. The van der Waals surface area contributed by atoms with Crippen molar-refractivity contribution in [3.05, 3.63) is 12.7 Å². The molecule has 0 radical (unpaired) electrons. The van der Waals surface area contributed by atoms with E-state index in [0.29, 0.717) is 12.6 Å². The lowest BCUT2D eigenvalue weighted by Gasteiger charge is -2.35. The highest BCUT2D eigenvalue weighted by atomic mass is 16.7. The van der Waals surface area contributed by atoms with E-state index in [1.54, 1.807) is 6.08 Å². The molecule has 4 heteroatoms. The van der Waals surface area contributed by atoms with Crippen molar-refractivity contribution in [3.63, 3.8) is 0 Å². The minimum Gasteiger partial charge on any atom is -0.376 e. The highest BCUT2D eigenvalue weighted by Crippen LogP contribution is 2.35. The molecular weight excluding hydrogens is 218 g/mol. The highest BCUT2D eigenvalue weighted by molar-refractivity contribution is 4.85. The van der Waals surface area contributed by atoms with Crippen LogP contribution < -0.4 is 5.32 Å². The van der Waals surface area contributed by atoms with Gasteiger partial charge in [-0.2, -0.15) is 0 Å². The van der Waals surface area contributed by atoms with Gasteiger partial charge < -0.3 is 19.5 Å². The first-order valence-electron chi connectivity index (χ1n) is 6.55. The second kappa shape index (κ2) is 6.50. The van der Waals surface area contributed by atoms with Gasteiger partial charge in [-0.1, -0.05) is 6.08 Å². The maximum atomic E-state index is 5.70. The van der Waals surface area contributed by atoms with Crippen LogP contribution in [-0.4, -0.2) is 44.8 Å². The molecule has 2 fully saturated rings. The molecule has 1 saturated carbocycles. The Labute approximate surface area is 103 Å². The molecular formula is C13H23NO3. The molecule has 0 aromatic heterocycles. The van der Waals surface area contributed by atoms with Crippen molar-refractivity contribution in [2.75, 3.05) is 33.0 Å². The first kappa shape index (κ1) is 13.0. The van der Waals surface area contributed by atoms with Crippen molar-refractivity contribution < 1.29 is 14.2 Å². The minimum atomic E-state index is -0.239. The van der Waals surface area contributed by atoms with E-state index in [0.717, 1.165) is 52.0 Å². The van der Waals surface area contributed by atoms with Crippen LogP contribution in [0.4, 0.5) is 0 Å². The molecule has 1 aliphatic carbocycles. The molecule has 2 aliphatic rings. The number of hydrogen-bond acceptors (Lipinski definition) is 4. The lowest BCUT2D eigenvalue weighted by atomic mass is 9.90. The van der Waals surface area contributed by atoms with Crippen LogP contribution >= 0.6 is 0 Å². The molecule has 2 rings (SSSR count). The van der Waals surface area contributed by atoms with E-state index in [9.17, 15) is 0 Å². The van der Waals surface area contributed by atoms with Crippen molar-refractivity contribution >= 4 is 0 Å². The van der Waals surface area contributed by atoms with E-state index in [1.165, 1.54) is 0 Å². The van der Waals surface area contributed by atoms with E-state index in [1.807, 2.05) is 0 Å². The predicted octanol–water partition coefficient (Wildman–Crippen LogP) is 1.46.